The zero-order valence-electron chi connectivity index (χ0n) is 11.5. The highest BCUT2D eigenvalue weighted by molar-refractivity contribution is 5.27. The molecule has 0 spiro atoms. The Morgan fingerprint density at radius 3 is 2.39 bits per heavy atom. The van der Waals surface area contributed by atoms with Crippen LogP contribution in [0.4, 0.5) is 0 Å². The molecule has 3 N–H and O–H groups in total. The topological polar surface area (TPSA) is 55.5 Å². The molecule has 18 heavy (non-hydrogen) atoms. The van der Waals surface area contributed by atoms with Crippen molar-refractivity contribution in [3.63, 3.8) is 0 Å². The lowest BCUT2D eigenvalue weighted by Gasteiger charge is -2.24. The molecule has 1 aromatic carbocycles. The lowest BCUT2D eigenvalue weighted by atomic mass is 9.95. The van der Waals surface area contributed by atoms with Gasteiger partial charge in [0.25, 0.3) is 0 Å². The van der Waals surface area contributed by atoms with Gasteiger partial charge in [-0.1, -0.05) is 26.0 Å². The molecule has 102 valence electrons. The summed E-state index contributed by atoms with van der Waals surface area (Å²) >= 11 is 0. The van der Waals surface area contributed by atoms with Crippen molar-refractivity contribution in [3.05, 3.63) is 29.8 Å². The number of rotatable bonds is 8. The van der Waals surface area contributed by atoms with Crippen LogP contribution in [0.3, 0.4) is 0 Å². The van der Waals surface area contributed by atoms with Crippen molar-refractivity contribution in [2.75, 3.05) is 13.2 Å². The van der Waals surface area contributed by atoms with Crippen LogP contribution in [0, 0.1) is 0 Å². The van der Waals surface area contributed by atoms with E-state index in [2.05, 4.69) is 19.1 Å². The zero-order chi connectivity index (χ0) is 13.4. The van der Waals surface area contributed by atoms with Crippen LogP contribution in [-0.4, -0.2) is 23.9 Å². The lowest BCUT2D eigenvalue weighted by molar-refractivity contribution is 0.0309. The lowest BCUT2D eigenvalue weighted by Crippen LogP contribution is -2.37. The number of aryl methyl sites for hydroxylation is 1. The van der Waals surface area contributed by atoms with Crippen molar-refractivity contribution < 1.29 is 9.84 Å². The molecule has 0 aromatic heterocycles. The molecule has 0 saturated heterocycles. The second-order valence-electron chi connectivity index (χ2n) is 4.73. The van der Waals surface area contributed by atoms with Gasteiger partial charge in [-0.25, -0.2) is 0 Å². The molecule has 0 aliphatic rings. The van der Waals surface area contributed by atoms with E-state index in [1.54, 1.807) is 0 Å². The predicted molar refractivity (Wildman–Crippen MR) is 74.8 cm³/mol. The Labute approximate surface area is 110 Å². The number of ether oxygens (including phenoxy) is 1. The molecule has 0 amide bonds. The summed E-state index contributed by atoms with van der Waals surface area (Å²) in [6.07, 6.45) is 3.24. The Hall–Kier alpha value is -1.06. The highest BCUT2D eigenvalue weighted by atomic mass is 16.5. The van der Waals surface area contributed by atoms with Gasteiger partial charge < -0.3 is 15.6 Å². The Kier molecular flexibility index (Phi) is 6.16. The van der Waals surface area contributed by atoms with E-state index in [1.165, 1.54) is 5.56 Å². The first-order valence-corrected chi connectivity index (χ1v) is 6.77. The van der Waals surface area contributed by atoms with E-state index in [0.29, 0.717) is 26.0 Å². The normalized spacial score (nSPS) is 14.2. The van der Waals surface area contributed by atoms with Gasteiger partial charge in [0.05, 0.1) is 12.2 Å². The number of aliphatic hydroxyl groups is 1. The minimum atomic E-state index is -0.727. The molecule has 1 rings (SSSR count). The van der Waals surface area contributed by atoms with Gasteiger partial charge >= 0.3 is 0 Å². The molecule has 0 bridgehead atoms. The van der Waals surface area contributed by atoms with Crippen molar-refractivity contribution in [1.82, 2.24) is 0 Å². The molecule has 1 unspecified atom stereocenters. The molecule has 1 aromatic rings. The highest BCUT2D eigenvalue weighted by Gasteiger charge is 2.21. The first-order valence-electron chi connectivity index (χ1n) is 6.77. The SMILES string of the molecule is CCc1ccc(OCCCC(O)(CC)CN)cc1. The molecule has 0 saturated carbocycles. The van der Waals surface area contributed by atoms with Gasteiger partial charge in [-0.05, 0) is 43.4 Å². The molecule has 3 nitrogen and oxygen atoms in total. The molecule has 3 heteroatoms. The molecule has 1 atom stereocenters. The second-order valence-corrected chi connectivity index (χ2v) is 4.73. The smallest absolute Gasteiger partial charge is 0.119 e. The van der Waals surface area contributed by atoms with E-state index in [4.69, 9.17) is 10.5 Å². The van der Waals surface area contributed by atoms with Crippen molar-refractivity contribution >= 4 is 0 Å². The number of nitrogens with two attached hydrogens (primary N) is 1. The molecule has 0 aliphatic heterocycles. The van der Waals surface area contributed by atoms with Crippen LogP contribution in [0.15, 0.2) is 24.3 Å². The Bertz CT molecular complexity index is 331. The maximum Gasteiger partial charge on any atom is 0.119 e. The number of benzene rings is 1. The van der Waals surface area contributed by atoms with E-state index in [9.17, 15) is 5.11 Å². The molecule has 0 fully saturated rings. The van der Waals surface area contributed by atoms with Crippen LogP contribution in [0.1, 0.15) is 38.7 Å². The van der Waals surface area contributed by atoms with Crippen LogP contribution in [0.5, 0.6) is 5.75 Å². The number of hydrogen-bond acceptors (Lipinski definition) is 3. The van der Waals surface area contributed by atoms with Gasteiger partial charge in [-0.3, -0.25) is 0 Å². The minimum Gasteiger partial charge on any atom is -0.494 e. The van der Waals surface area contributed by atoms with Gasteiger partial charge in [0, 0.05) is 6.54 Å². The van der Waals surface area contributed by atoms with Crippen molar-refractivity contribution in [2.24, 2.45) is 5.73 Å². The summed E-state index contributed by atoms with van der Waals surface area (Å²) < 4.78 is 5.64. The third kappa shape index (κ3) is 4.67. The summed E-state index contributed by atoms with van der Waals surface area (Å²) in [5.41, 5.74) is 6.14. The van der Waals surface area contributed by atoms with Crippen LogP contribution in [0.2, 0.25) is 0 Å². The Morgan fingerprint density at radius 1 is 1.22 bits per heavy atom. The third-order valence-electron chi connectivity index (χ3n) is 3.42. The van der Waals surface area contributed by atoms with E-state index >= 15 is 0 Å². The van der Waals surface area contributed by atoms with Crippen molar-refractivity contribution in [2.45, 2.75) is 45.1 Å². The highest BCUT2D eigenvalue weighted by Crippen LogP contribution is 2.17. The van der Waals surface area contributed by atoms with Gasteiger partial charge in [0.2, 0.25) is 0 Å². The maximum atomic E-state index is 10.0. The predicted octanol–water partition coefficient (Wildman–Crippen LogP) is 2.51. The summed E-state index contributed by atoms with van der Waals surface area (Å²) in [5, 5.41) is 10.0. The second kappa shape index (κ2) is 7.39. The molecule has 0 aliphatic carbocycles. The molecule has 0 heterocycles. The summed E-state index contributed by atoms with van der Waals surface area (Å²) in [4.78, 5) is 0. The van der Waals surface area contributed by atoms with Crippen LogP contribution < -0.4 is 10.5 Å². The maximum absolute atomic E-state index is 10.0. The molecular formula is C15H25NO2. The van der Waals surface area contributed by atoms with Crippen molar-refractivity contribution in [1.29, 1.82) is 0 Å². The fourth-order valence-corrected chi connectivity index (χ4v) is 1.84. The van der Waals surface area contributed by atoms with E-state index < -0.39 is 5.60 Å². The van der Waals surface area contributed by atoms with Crippen LogP contribution in [0.25, 0.3) is 0 Å². The van der Waals surface area contributed by atoms with Crippen molar-refractivity contribution in [3.8, 4) is 5.75 Å². The monoisotopic (exact) mass is 251 g/mol. The summed E-state index contributed by atoms with van der Waals surface area (Å²) in [6.45, 7) is 5.02. The minimum absolute atomic E-state index is 0.314. The van der Waals surface area contributed by atoms with Gasteiger partial charge in [-0.15, -0.1) is 0 Å². The summed E-state index contributed by atoms with van der Waals surface area (Å²) in [5.74, 6) is 0.889. The van der Waals surface area contributed by atoms with E-state index in [1.807, 2.05) is 19.1 Å². The zero-order valence-corrected chi connectivity index (χ0v) is 11.5. The average Bonchev–Trinajstić information content (AvgIpc) is 2.44. The van der Waals surface area contributed by atoms with Gasteiger partial charge in [0.15, 0.2) is 0 Å². The standard InChI is InChI=1S/C15H25NO2/c1-3-13-6-8-14(9-7-13)18-11-5-10-15(17,4-2)12-16/h6-9,17H,3-5,10-12,16H2,1-2H3. The number of hydrogen-bond donors (Lipinski definition) is 2. The van der Waals surface area contributed by atoms with E-state index in [-0.39, 0.29) is 0 Å². The first-order chi connectivity index (χ1) is 8.63. The first kappa shape index (κ1) is 15.0. The quantitative estimate of drug-likeness (QED) is 0.698. The molecular weight excluding hydrogens is 226 g/mol. The van der Waals surface area contributed by atoms with Gasteiger partial charge in [-0.2, -0.15) is 0 Å². The fraction of sp³-hybridized carbons (Fsp3) is 0.600. The van der Waals surface area contributed by atoms with Crippen LogP contribution >= 0.6 is 0 Å². The summed E-state index contributed by atoms with van der Waals surface area (Å²) in [6, 6.07) is 8.15. The van der Waals surface area contributed by atoms with Gasteiger partial charge in [0.1, 0.15) is 5.75 Å². The fourth-order valence-electron chi connectivity index (χ4n) is 1.84. The molecule has 0 radical (unpaired) electrons. The Morgan fingerprint density at radius 2 is 1.89 bits per heavy atom. The van der Waals surface area contributed by atoms with E-state index in [0.717, 1.165) is 18.6 Å². The average molecular weight is 251 g/mol. The summed E-state index contributed by atoms with van der Waals surface area (Å²) in [7, 11) is 0. The third-order valence-corrected chi connectivity index (χ3v) is 3.42. The largest absolute Gasteiger partial charge is 0.494 e. The Balaban J connectivity index is 2.29. The van der Waals surface area contributed by atoms with Crippen LogP contribution in [-0.2, 0) is 6.42 Å².